The van der Waals surface area contributed by atoms with Gasteiger partial charge in [-0.25, -0.2) is 4.98 Å². The number of halogens is 2. The molecule has 2 rings (SSSR count). The molecule has 0 aliphatic heterocycles. The Balaban J connectivity index is 2.05. The predicted octanol–water partition coefficient (Wildman–Crippen LogP) is 2.01. The Morgan fingerprint density at radius 3 is 2.81 bits per heavy atom. The molecule has 2 heterocycles. The summed E-state index contributed by atoms with van der Waals surface area (Å²) in [6, 6.07) is 1.41. The number of aromatic nitrogens is 3. The zero-order chi connectivity index (χ0) is 15.4. The monoisotopic (exact) mass is 328 g/mol. The fraction of sp³-hybridized carbons (Fsp3) is 0.167. The summed E-state index contributed by atoms with van der Waals surface area (Å²) >= 11 is 11.5. The van der Waals surface area contributed by atoms with Crippen LogP contribution in [0.1, 0.15) is 10.4 Å². The zero-order valence-corrected chi connectivity index (χ0v) is 12.4. The van der Waals surface area contributed by atoms with Crippen molar-refractivity contribution in [1.82, 2.24) is 14.8 Å². The van der Waals surface area contributed by atoms with Gasteiger partial charge in [-0.15, -0.1) is 0 Å². The van der Waals surface area contributed by atoms with Crippen LogP contribution in [0.4, 0.5) is 5.69 Å². The number of carbonyl (C=O) groups is 2. The number of hydrogen-bond donors (Lipinski definition) is 1. The molecule has 1 N–H and O–H groups in total. The highest BCUT2D eigenvalue weighted by atomic mass is 35.5. The average molecular weight is 329 g/mol. The minimum absolute atomic E-state index is 0.0410. The Hall–Kier alpha value is -2.12. The highest BCUT2D eigenvalue weighted by Gasteiger charge is 2.11. The van der Waals surface area contributed by atoms with E-state index < -0.39 is 11.9 Å². The van der Waals surface area contributed by atoms with Crippen molar-refractivity contribution in [2.24, 2.45) is 0 Å². The van der Waals surface area contributed by atoms with Crippen LogP contribution in [0.3, 0.4) is 0 Å². The topological polar surface area (TPSA) is 86.1 Å². The molecule has 0 atom stereocenters. The quantitative estimate of drug-likeness (QED) is 0.685. The molecule has 0 fully saturated rings. The lowest BCUT2D eigenvalue weighted by Crippen LogP contribution is -2.13. The van der Waals surface area contributed by atoms with Gasteiger partial charge >= 0.3 is 5.97 Å². The van der Waals surface area contributed by atoms with Crippen molar-refractivity contribution in [3.8, 4) is 0 Å². The molecule has 0 unspecified atom stereocenters. The highest BCUT2D eigenvalue weighted by Crippen LogP contribution is 2.20. The summed E-state index contributed by atoms with van der Waals surface area (Å²) in [5.41, 5.74) is 0.681. The summed E-state index contributed by atoms with van der Waals surface area (Å²) in [7, 11) is 1.28. The number of hydrogen-bond acceptors (Lipinski definition) is 5. The largest absolute Gasteiger partial charge is 0.468 e. The van der Waals surface area contributed by atoms with Gasteiger partial charge < -0.3 is 10.1 Å². The number of nitrogens with one attached hydrogen (secondary N) is 1. The maximum Gasteiger partial charge on any atom is 0.327 e. The van der Waals surface area contributed by atoms with Gasteiger partial charge in [-0.3, -0.25) is 14.3 Å². The lowest BCUT2D eigenvalue weighted by atomic mass is 10.2. The molecule has 2 aromatic rings. The molecule has 9 heteroatoms. The first-order valence-corrected chi connectivity index (χ1v) is 6.47. The molecular formula is C12H10Cl2N4O3. The van der Waals surface area contributed by atoms with E-state index in [0.29, 0.717) is 5.69 Å². The molecule has 0 saturated carbocycles. The number of methoxy groups -OCH3 is 1. The van der Waals surface area contributed by atoms with Gasteiger partial charge in [0.2, 0.25) is 0 Å². The average Bonchev–Trinajstić information content (AvgIpc) is 2.88. The lowest BCUT2D eigenvalue weighted by Gasteiger charge is -2.03. The second-order valence-corrected chi connectivity index (χ2v) is 4.72. The van der Waals surface area contributed by atoms with Gasteiger partial charge in [-0.05, 0) is 6.07 Å². The van der Waals surface area contributed by atoms with E-state index in [1.807, 2.05) is 0 Å². The Bertz CT molecular complexity index is 687. The van der Waals surface area contributed by atoms with Gasteiger partial charge in [-0.2, -0.15) is 5.10 Å². The van der Waals surface area contributed by atoms with Crippen molar-refractivity contribution in [2.75, 3.05) is 12.4 Å². The number of ether oxygens (including phenoxy) is 1. The maximum absolute atomic E-state index is 12.0. The van der Waals surface area contributed by atoms with Crippen LogP contribution in [0.5, 0.6) is 0 Å². The zero-order valence-electron chi connectivity index (χ0n) is 10.8. The summed E-state index contributed by atoms with van der Waals surface area (Å²) < 4.78 is 5.86. The first kappa shape index (κ1) is 15.3. The van der Waals surface area contributed by atoms with Gasteiger partial charge in [0.05, 0.1) is 29.6 Å². The Morgan fingerprint density at radius 2 is 2.14 bits per heavy atom. The van der Waals surface area contributed by atoms with Crippen LogP contribution in [0, 0.1) is 0 Å². The third kappa shape index (κ3) is 3.93. The fourth-order valence-corrected chi connectivity index (χ4v) is 1.73. The van der Waals surface area contributed by atoms with Crippen molar-refractivity contribution < 1.29 is 14.3 Å². The van der Waals surface area contributed by atoms with E-state index in [4.69, 9.17) is 23.2 Å². The van der Waals surface area contributed by atoms with Gasteiger partial charge in [-0.1, -0.05) is 23.2 Å². The second kappa shape index (κ2) is 6.55. The van der Waals surface area contributed by atoms with Crippen LogP contribution in [0.25, 0.3) is 0 Å². The molecule has 0 aliphatic rings. The molecular weight excluding hydrogens is 319 g/mol. The number of anilines is 1. The minimum Gasteiger partial charge on any atom is -0.468 e. The van der Waals surface area contributed by atoms with E-state index in [9.17, 15) is 9.59 Å². The van der Waals surface area contributed by atoms with E-state index in [2.05, 4.69) is 20.1 Å². The number of rotatable bonds is 4. The number of pyridine rings is 1. The molecule has 110 valence electrons. The van der Waals surface area contributed by atoms with Crippen LogP contribution >= 0.6 is 23.2 Å². The first-order valence-electron chi connectivity index (χ1n) is 5.71. The van der Waals surface area contributed by atoms with E-state index in [-0.39, 0.29) is 22.3 Å². The van der Waals surface area contributed by atoms with Crippen molar-refractivity contribution in [3.63, 3.8) is 0 Å². The van der Waals surface area contributed by atoms with E-state index in [1.165, 1.54) is 36.4 Å². The third-order valence-electron chi connectivity index (χ3n) is 2.47. The Morgan fingerprint density at radius 1 is 1.38 bits per heavy atom. The van der Waals surface area contributed by atoms with Gasteiger partial charge in [0.1, 0.15) is 11.7 Å². The SMILES string of the molecule is COC(=O)Cn1cc(NC(=O)c2cnc(Cl)c(Cl)c2)cn1. The number of amides is 1. The second-order valence-electron chi connectivity index (χ2n) is 3.95. The van der Waals surface area contributed by atoms with Crippen molar-refractivity contribution in [3.05, 3.63) is 40.4 Å². The van der Waals surface area contributed by atoms with Crippen molar-refractivity contribution in [1.29, 1.82) is 0 Å². The van der Waals surface area contributed by atoms with E-state index in [0.717, 1.165) is 0 Å². The molecule has 0 spiro atoms. The molecule has 0 radical (unpaired) electrons. The summed E-state index contributed by atoms with van der Waals surface area (Å²) in [6.45, 7) is -0.0410. The van der Waals surface area contributed by atoms with Crippen LogP contribution in [-0.4, -0.2) is 33.8 Å². The highest BCUT2D eigenvalue weighted by molar-refractivity contribution is 6.41. The molecule has 21 heavy (non-hydrogen) atoms. The Kier molecular flexibility index (Phi) is 4.77. The molecule has 2 aromatic heterocycles. The van der Waals surface area contributed by atoms with Crippen molar-refractivity contribution in [2.45, 2.75) is 6.54 Å². The Labute approximate surface area is 129 Å². The fourth-order valence-electron chi connectivity index (χ4n) is 1.46. The summed E-state index contributed by atoms with van der Waals surface area (Å²) in [5.74, 6) is -0.858. The predicted molar refractivity (Wildman–Crippen MR) is 76.5 cm³/mol. The summed E-state index contributed by atoms with van der Waals surface area (Å²) in [5, 5.41) is 6.83. The number of esters is 1. The van der Waals surface area contributed by atoms with Crippen LogP contribution in [0.2, 0.25) is 10.2 Å². The van der Waals surface area contributed by atoms with Gasteiger partial charge in [0, 0.05) is 12.4 Å². The molecule has 1 amide bonds. The molecule has 0 bridgehead atoms. The smallest absolute Gasteiger partial charge is 0.327 e. The van der Waals surface area contributed by atoms with Crippen molar-refractivity contribution >= 4 is 40.8 Å². The van der Waals surface area contributed by atoms with Crippen LogP contribution in [-0.2, 0) is 16.1 Å². The summed E-state index contributed by atoms with van der Waals surface area (Å²) in [4.78, 5) is 26.9. The van der Waals surface area contributed by atoms with Gasteiger partial charge in [0.25, 0.3) is 5.91 Å². The molecule has 7 nitrogen and oxygen atoms in total. The van der Waals surface area contributed by atoms with Gasteiger partial charge in [0.15, 0.2) is 0 Å². The maximum atomic E-state index is 12.0. The normalized spacial score (nSPS) is 10.2. The summed E-state index contributed by atoms with van der Waals surface area (Å²) in [6.07, 6.45) is 4.22. The molecule has 0 saturated heterocycles. The number of carbonyl (C=O) groups excluding carboxylic acids is 2. The molecule has 0 aliphatic carbocycles. The minimum atomic E-state index is -0.440. The lowest BCUT2D eigenvalue weighted by molar-refractivity contribution is -0.141. The van der Waals surface area contributed by atoms with E-state index >= 15 is 0 Å². The first-order chi connectivity index (χ1) is 9.99. The van der Waals surface area contributed by atoms with Crippen LogP contribution in [0.15, 0.2) is 24.7 Å². The molecule has 0 aromatic carbocycles. The number of nitrogens with zero attached hydrogens (tertiary/aromatic N) is 3. The van der Waals surface area contributed by atoms with Crippen LogP contribution < -0.4 is 5.32 Å². The van der Waals surface area contributed by atoms with E-state index in [1.54, 1.807) is 0 Å². The standard InChI is InChI=1S/C12H10Cl2N4O3/c1-21-10(19)6-18-5-8(4-16-18)17-12(20)7-2-9(13)11(14)15-3-7/h2-5H,6H2,1H3,(H,17,20). The third-order valence-corrected chi connectivity index (χ3v) is 3.15.